The highest BCUT2D eigenvalue weighted by atomic mass is 16.5. The minimum Gasteiger partial charge on any atom is -0.466 e. The molecule has 0 bridgehead atoms. The van der Waals surface area contributed by atoms with Gasteiger partial charge in [0.05, 0.1) is 6.61 Å². The number of hydrogen-bond donors (Lipinski definition) is 0. The van der Waals surface area contributed by atoms with Gasteiger partial charge >= 0.3 is 5.97 Å². The van der Waals surface area contributed by atoms with Crippen molar-refractivity contribution in [3.63, 3.8) is 0 Å². The summed E-state index contributed by atoms with van der Waals surface area (Å²) in [5, 5.41) is 0. The van der Waals surface area contributed by atoms with Crippen molar-refractivity contribution in [2.75, 3.05) is 6.61 Å². The van der Waals surface area contributed by atoms with Crippen molar-refractivity contribution in [3.05, 3.63) is 0 Å². The summed E-state index contributed by atoms with van der Waals surface area (Å²) in [6.07, 6.45) is 7.67. The predicted octanol–water partition coefficient (Wildman–Crippen LogP) is 4.39. The minimum atomic E-state index is -0.185. The fourth-order valence-electron chi connectivity index (χ4n) is 2.34. The Morgan fingerprint density at radius 1 is 1.10 bits per heavy atom. The molecule has 1 saturated carbocycles. The lowest BCUT2D eigenvalue weighted by atomic mass is 9.79. The van der Waals surface area contributed by atoms with Crippen LogP contribution in [0.5, 0.6) is 0 Å². The molecule has 20 heavy (non-hydrogen) atoms. The highest BCUT2D eigenvalue weighted by Crippen LogP contribution is 2.29. The molecule has 0 heterocycles. The Kier molecular flexibility index (Phi) is 10.4. The number of hydrogen-bond acceptors (Lipinski definition) is 3. The zero-order chi connectivity index (χ0) is 15.5. The summed E-state index contributed by atoms with van der Waals surface area (Å²) in [7, 11) is 0. The summed E-state index contributed by atoms with van der Waals surface area (Å²) < 4.78 is 4.76. The molecule has 0 aliphatic heterocycles. The van der Waals surface area contributed by atoms with Crippen LogP contribution < -0.4 is 0 Å². The normalized spacial score (nSPS) is 18.4. The fourth-order valence-corrected chi connectivity index (χ4v) is 2.34. The number of ether oxygens (including phenoxy) is 1. The topological polar surface area (TPSA) is 43.4 Å². The molecule has 0 aromatic heterocycles. The smallest absolute Gasteiger partial charge is 0.302 e. The van der Waals surface area contributed by atoms with Gasteiger partial charge < -0.3 is 4.74 Å². The Bertz CT molecular complexity index is 280. The van der Waals surface area contributed by atoms with Gasteiger partial charge in [-0.25, -0.2) is 0 Å². The average Bonchev–Trinajstić information content (AvgIpc) is 2.45. The molecule has 0 spiro atoms. The first kappa shape index (κ1) is 19.1. The number of ketones is 1. The first-order valence-corrected chi connectivity index (χ1v) is 8.02. The molecule has 2 unspecified atom stereocenters. The fraction of sp³-hybridized carbons (Fsp3) is 0.882. The van der Waals surface area contributed by atoms with E-state index in [9.17, 15) is 9.59 Å². The van der Waals surface area contributed by atoms with Crippen LogP contribution in [0.15, 0.2) is 0 Å². The molecule has 1 aliphatic carbocycles. The van der Waals surface area contributed by atoms with Gasteiger partial charge in [0, 0.05) is 12.8 Å². The molecule has 3 nitrogen and oxygen atoms in total. The van der Waals surface area contributed by atoms with E-state index in [1.54, 1.807) is 6.92 Å². The van der Waals surface area contributed by atoms with Crippen LogP contribution in [0.2, 0.25) is 0 Å². The second kappa shape index (κ2) is 10.9. The molecule has 3 heteroatoms. The molecule has 1 rings (SSSR count). The monoisotopic (exact) mass is 284 g/mol. The van der Waals surface area contributed by atoms with Crippen molar-refractivity contribution in [2.45, 2.75) is 73.1 Å². The van der Waals surface area contributed by atoms with E-state index in [0.717, 1.165) is 6.42 Å². The van der Waals surface area contributed by atoms with Gasteiger partial charge in [-0.3, -0.25) is 9.59 Å². The predicted molar refractivity (Wildman–Crippen MR) is 82.5 cm³/mol. The molecule has 0 radical (unpaired) electrons. The molecule has 0 aromatic carbocycles. The van der Waals surface area contributed by atoms with Crippen molar-refractivity contribution in [1.29, 1.82) is 0 Å². The third-order valence-electron chi connectivity index (χ3n) is 4.27. The summed E-state index contributed by atoms with van der Waals surface area (Å²) in [5.74, 6) is 1.69. The number of carbonyl (C=O) groups excluding carboxylic acids is 2. The van der Waals surface area contributed by atoms with E-state index in [0.29, 0.717) is 30.1 Å². The van der Waals surface area contributed by atoms with Crippen molar-refractivity contribution >= 4 is 11.8 Å². The van der Waals surface area contributed by atoms with Gasteiger partial charge in [-0.15, -0.1) is 0 Å². The van der Waals surface area contributed by atoms with E-state index in [1.165, 1.54) is 39.0 Å². The quantitative estimate of drug-likeness (QED) is 0.703. The number of carbonyl (C=O) groups is 2. The van der Waals surface area contributed by atoms with Crippen LogP contribution in [0.25, 0.3) is 0 Å². The highest BCUT2D eigenvalue weighted by Gasteiger charge is 2.22. The average molecular weight is 284 g/mol. The molecule has 0 amide bonds. The van der Waals surface area contributed by atoms with Gasteiger partial charge in [0.25, 0.3) is 0 Å². The minimum absolute atomic E-state index is 0.185. The molecule has 0 N–H and O–H groups in total. The largest absolute Gasteiger partial charge is 0.466 e. The first-order chi connectivity index (χ1) is 9.38. The second-order valence-electron chi connectivity index (χ2n) is 6.11. The second-order valence-corrected chi connectivity index (χ2v) is 6.11. The Hall–Kier alpha value is -0.860. The third kappa shape index (κ3) is 9.11. The maximum atomic E-state index is 11.0. The Balaban J connectivity index is 0.000000370. The van der Waals surface area contributed by atoms with Gasteiger partial charge in [0.15, 0.2) is 0 Å². The van der Waals surface area contributed by atoms with E-state index >= 15 is 0 Å². The number of rotatable bonds is 5. The van der Waals surface area contributed by atoms with Crippen LogP contribution in [0.4, 0.5) is 0 Å². The van der Waals surface area contributed by atoms with Crippen LogP contribution in [-0.2, 0) is 14.3 Å². The maximum absolute atomic E-state index is 11.0. The molecule has 2 atom stereocenters. The summed E-state index contributed by atoms with van der Waals surface area (Å²) in [4.78, 5) is 21.3. The zero-order valence-electron chi connectivity index (χ0n) is 13.9. The Labute approximate surface area is 124 Å². The lowest BCUT2D eigenvalue weighted by Crippen LogP contribution is -2.20. The number of Topliss-reactive ketones (excluding diaryl/α,β-unsaturated/α-hetero) is 1. The van der Waals surface area contributed by atoms with Crippen LogP contribution >= 0.6 is 0 Å². The Morgan fingerprint density at radius 3 is 2.05 bits per heavy atom. The van der Waals surface area contributed by atoms with E-state index in [4.69, 9.17) is 4.74 Å². The van der Waals surface area contributed by atoms with Crippen LogP contribution in [-0.4, -0.2) is 18.4 Å². The molecule has 0 aromatic rings. The van der Waals surface area contributed by atoms with Crippen molar-refractivity contribution in [3.8, 4) is 0 Å². The van der Waals surface area contributed by atoms with Gasteiger partial charge in [-0.05, 0) is 31.6 Å². The van der Waals surface area contributed by atoms with E-state index in [-0.39, 0.29) is 5.97 Å². The summed E-state index contributed by atoms with van der Waals surface area (Å²) in [6, 6.07) is 0. The molecule has 118 valence electrons. The van der Waals surface area contributed by atoms with E-state index in [1.807, 2.05) is 0 Å². The SMILES string of the molecule is CC(=O)C(C)C1CCCCC1.CCC(C)COC(C)=O. The van der Waals surface area contributed by atoms with Gasteiger partial charge in [-0.2, -0.15) is 0 Å². The van der Waals surface area contributed by atoms with E-state index < -0.39 is 0 Å². The van der Waals surface area contributed by atoms with Crippen LogP contribution in [0.3, 0.4) is 0 Å². The summed E-state index contributed by atoms with van der Waals surface area (Å²) in [6.45, 7) is 9.93. The summed E-state index contributed by atoms with van der Waals surface area (Å²) >= 11 is 0. The van der Waals surface area contributed by atoms with E-state index in [2.05, 4.69) is 20.8 Å². The molecular weight excluding hydrogens is 252 g/mol. The Morgan fingerprint density at radius 2 is 1.65 bits per heavy atom. The van der Waals surface area contributed by atoms with Gasteiger partial charge in [0.1, 0.15) is 5.78 Å². The maximum Gasteiger partial charge on any atom is 0.302 e. The van der Waals surface area contributed by atoms with Gasteiger partial charge in [-0.1, -0.05) is 46.5 Å². The number of esters is 1. The van der Waals surface area contributed by atoms with Crippen LogP contribution in [0, 0.1) is 17.8 Å². The standard InChI is InChI=1S/C10H18O.C7H14O2/c1-8(9(2)11)10-6-4-3-5-7-10;1-4-6(2)5-9-7(3)8/h8,10H,3-7H2,1-2H3;6H,4-5H2,1-3H3. The summed E-state index contributed by atoms with van der Waals surface area (Å²) in [5.41, 5.74) is 0. The van der Waals surface area contributed by atoms with Crippen molar-refractivity contribution in [1.82, 2.24) is 0 Å². The molecule has 1 fully saturated rings. The lowest BCUT2D eigenvalue weighted by Gasteiger charge is -2.25. The molecular formula is C17H32O3. The highest BCUT2D eigenvalue weighted by molar-refractivity contribution is 5.78. The lowest BCUT2D eigenvalue weighted by molar-refractivity contribution is -0.142. The van der Waals surface area contributed by atoms with Crippen molar-refractivity contribution in [2.24, 2.45) is 17.8 Å². The van der Waals surface area contributed by atoms with Crippen molar-refractivity contribution < 1.29 is 14.3 Å². The van der Waals surface area contributed by atoms with Crippen LogP contribution in [0.1, 0.15) is 73.1 Å². The molecule has 0 saturated heterocycles. The van der Waals surface area contributed by atoms with Gasteiger partial charge in [0.2, 0.25) is 0 Å². The first-order valence-electron chi connectivity index (χ1n) is 8.02. The third-order valence-corrected chi connectivity index (χ3v) is 4.27. The zero-order valence-corrected chi connectivity index (χ0v) is 13.9. The molecule has 1 aliphatic rings.